The van der Waals surface area contributed by atoms with E-state index in [-0.39, 0.29) is 59.1 Å². The van der Waals surface area contributed by atoms with E-state index in [4.69, 9.17) is 15.2 Å². The summed E-state index contributed by atoms with van der Waals surface area (Å²) < 4.78 is 0. The van der Waals surface area contributed by atoms with Crippen molar-refractivity contribution in [3.8, 4) is 0 Å². The second kappa shape index (κ2) is 10.3. The maximum atomic E-state index is 8.90. The molecule has 0 atom stereocenters. The third kappa shape index (κ3) is 19.0. The van der Waals surface area contributed by atoms with Crippen molar-refractivity contribution in [3.05, 3.63) is 0 Å². The van der Waals surface area contributed by atoms with E-state index < -0.39 is 6.16 Å². The zero-order valence-electron chi connectivity index (χ0n) is 4.21. The van der Waals surface area contributed by atoms with E-state index in [0.717, 1.165) is 0 Å². The minimum absolute atomic E-state index is 0. The van der Waals surface area contributed by atoms with Gasteiger partial charge >= 0.3 is 6.16 Å². The summed E-state index contributed by atoms with van der Waals surface area (Å²) >= 11 is 0. The average molecular weight is 124 g/mol. The third-order valence-corrected chi connectivity index (χ3v) is 0.0781. The first-order valence-electron chi connectivity index (χ1n) is 0.814. The second-order valence-electron chi connectivity index (χ2n) is 0.357. The molecule has 0 saturated carbocycles. The first kappa shape index (κ1) is 15.7. The van der Waals surface area contributed by atoms with E-state index in [1.165, 1.54) is 0 Å². The molecule has 0 aliphatic rings. The summed E-state index contributed by atoms with van der Waals surface area (Å²) in [5, 5.41) is 14.3. The summed E-state index contributed by atoms with van der Waals surface area (Å²) in [6.45, 7) is 0. The molecule has 4 nitrogen and oxygen atoms in total. The van der Waals surface area contributed by atoms with Gasteiger partial charge in [-0.1, -0.05) is 0 Å². The van der Waals surface area contributed by atoms with Crippen LogP contribution < -0.4 is 0 Å². The molecule has 0 heterocycles. The zero-order chi connectivity index (χ0) is 4.28. The fourth-order valence-electron chi connectivity index (χ4n) is 0. The Labute approximate surface area is 84.4 Å². The first-order valence-corrected chi connectivity index (χ1v) is 0.814. The van der Waals surface area contributed by atoms with Crippen LogP contribution in [0.3, 0.4) is 0 Å². The van der Waals surface area contributed by atoms with E-state index in [9.17, 15) is 0 Å². The molecule has 0 aromatic heterocycles. The van der Waals surface area contributed by atoms with Gasteiger partial charge in [-0.2, -0.15) is 5.26 Å². The Kier molecular flexibility index (Phi) is 23.1. The van der Waals surface area contributed by atoms with Crippen LogP contribution in [0.1, 0.15) is 0 Å². The van der Waals surface area contributed by atoms with Gasteiger partial charge in [0, 0.05) is 59.1 Å². The molecule has 0 rings (SSSR count). The van der Waals surface area contributed by atoms with Crippen molar-refractivity contribution >= 4 is 65.3 Å². The van der Waals surface area contributed by atoms with E-state index in [1.807, 2.05) is 0 Å². The molecule has 0 saturated heterocycles. The molecule has 0 bridgehead atoms. The van der Waals surface area contributed by atoms with Crippen molar-refractivity contribution in [1.82, 2.24) is 0 Å². The average Bonchev–Trinajstić information content (AvgIpc) is 1.38. The van der Waals surface area contributed by atoms with Gasteiger partial charge in [-0.3, -0.25) is 4.89 Å². The standard InChI is InChI=1S/CH2O4.2Na/c2-1(3)5-4;;/h4H,(H,2,3);;. The minimum atomic E-state index is -1.69. The molecule has 2 radical (unpaired) electrons. The Morgan fingerprint density at radius 3 is 1.57 bits per heavy atom. The van der Waals surface area contributed by atoms with Crippen LogP contribution in [0.5, 0.6) is 0 Å². The minimum Gasteiger partial charge on any atom is -0.448 e. The van der Waals surface area contributed by atoms with Crippen LogP contribution in [-0.2, 0) is 4.89 Å². The Hall–Kier alpha value is 1.23. The van der Waals surface area contributed by atoms with Gasteiger partial charge < -0.3 is 5.11 Å². The third-order valence-electron chi connectivity index (χ3n) is 0.0781. The predicted octanol–water partition coefficient (Wildman–Crippen LogP) is -0.608. The van der Waals surface area contributed by atoms with Crippen molar-refractivity contribution in [1.29, 1.82) is 0 Å². The van der Waals surface area contributed by atoms with Gasteiger partial charge in [0.15, 0.2) is 0 Å². The van der Waals surface area contributed by atoms with E-state index >= 15 is 0 Å². The normalized spacial score (nSPS) is 4.71. The topological polar surface area (TPSA) is 66.8 Å². The molecular weight excluding hydrogens is 122 g/mol. The second-order valence-corrected chi connectivity index (χ2v) is 0.357. The van der Waals surface area contributed by atoms with Gasteiger partial charge in [-0.05, 0) is 0 Å². The fraction of sp³-hybridized carbons (Fsp3) is 0. The SMILES string of the molecule is O=C(O)OO.[Na].[Na]. The summed E-state index contributed by atoms with van der Waals surface area (Å²) in [7, 11) is 0. The van der Waals surface area contributed by atoms with Gasteiger partial charge in [0.25, 0.3) is 0 Å². The van der Waals surface area contributed by atoms with Gasteiger partial charge in [0.2, 0.25) is 0 Å². The fourth-order valence-corrected chi connectivity index (χ4v) is 0. The van der Waals surface area contributed by atoms with Crippen LogP contribution in [0.4, 0.5) is 4.79 Å². The molecule has 0 unspecified atom stereocenters. The molecule has 32 valence electrons. The summed E-state index contributed by atoms with van der Waals surface area (Å²) in [5.74, 6) is 0. The predicted molar refractivity (Wildman–Crippen MR) is 23.2 cm³/mol. The molecule has 6 heteroatoms. The molecule has 0 aromatic rings. The van der Waals surface area contributed by atoms with Gasteiger partial charge in [-0.25, -0.2) is 4.79 Å². The molecule has 0 aliphatic heterocycles. The van der Waals surface area contributed by atoms with Crippen LogP contribution in [-0.4, -0.2) is 75.6 Å². The Bertz CT molecular complexity index is 45.0. The number of carbonyl (C=O) groups is 1. The first-order chi connectivity index (χ1) is 2.27. The maximum Gasteiger partial charge on any atom is 0.537 e. The van der Waals surface area contributed by atoms with Crippen LogP contribution in [0, 0.1) is 0 Å². The van der Waals surface area contributed by atoms with Crippen molar-refractivity contribution in [2.45, 2.75) is 0 Å². The van der Waals surface area contributed by atoms with Gasteiger partial charge in [0.05, 0.1) is 0 Å². The monoisotopic (exact) mass is 124 g/mol. The van der Waals surface area contributed by atoms with Crippen LogP contribution in [0.2, 0.25) is 0 Å². The quantitative estimate of drug-likeness (QED) is 0.257. The van der Waals surface area contributed by atoms with Crippen molar-refractivity contribution in [2.75, 3.05) is 0 Å². The molecule has 0 aliphatic carbocycles. The molecule has 0 aromatic carbocycles. The number of hydrogen-bond acceptors (Lipinski definition) is 3. The largest absolute Gasteiger partial charge is 0.537 e. The van der Waals surface area contributed by atoms with Crippen LogP contribution >= 0.6 is 0 Å². The molecule has 0 fully saturated rings. The van der Waals surface area contributed by atoms with Gasteiger partial charge in [0.1, 0.15) is 0 Å². The summed E-state index contributed by atoms with van der Waals surface area (Å²) in [6.07, 6.45) is -1.69. The van der Waals surface area contributed by atoms with Crippen molar-refractivity contribution in [2.24, 2.45) is 0 Å². The van der Waals surface area contributed by atoms with Crippen LogP contribution in [0.25, 0.3) is 0 Å². The smallest absolute Gasteiger partial charge is 0.448 e. The molecule has 0 spiro atoms. The Morgan fingerprint density at radius 2 is 1.57 bits per heavy atom. The van der Waals surface area contributed by atoms with Crippen molar-refractivity contribution < 1.29 is 20.0 Å². The number of rotatable bonds is 0. The maximum absolute atomic E-state index is 8.90. The molecular formula is CH2Na2O4. The molecule has 2 N–H and O–H groups in total. The summed E-state index contributed by atoms with van der Waals surface area (Å²) in [5.41, 5.74) is 0. The number of carboxylic acid groups (broad SMARTS) is 1. The number of hydrogen-bond donors (Lipinski definition) is 2. The molecule has 7 heavy (non-hydrogen) atoms. The summed E-state index contributed by atoms with van der Waals surface area (Å²) in [4.78, 5) is 11.6. The van der Waals surface area contributed by atoms with E-state index in [0.29, 0.717) is 0 Å². The van der Waals surface area contributed by atoms with Crippen molar-refractivity contribution in [3.63, 3.8) is 0 Å². The summed E-state index contributed by atoms with van der Waals surface area (Å²) in [6, 6.07) is 0. The Balaban J connectivity index is -0.0000000800. The van der Waals surface area contributed by atoms with Crippen LogP contribution in [0.15, 0.2) is 0 Å². The molecule has 0 amide bonds. The van der Waals surface area contributed by atoms with E-state index in [1.54, 1.807) is 0 Å². The zero-order valence-corrected chi connectivity index (χ0v) is 8.21. The van der Waals surface area contributed by atoms with Gasteiger partial charge in [-0.15, -0.1) is 0 Å². The van der Waals surface area contributed by atoms with E-state index in [2.05, 4.69) is 4.89 Å². The Morgan fingerprint density at radius 1 is 1.43 bits per heavy atom.